The van der Waals surface area contributed by atoms with Crippen LogP contribution in [0.5, 0.6) is 5.75 Å². The topological polar surface area (TPSA) is 81.4 Å². The first-order valence-corrected chi connectivity index (χ1v) is 9.04. The van der Waals surface area contributed by atoms with Gasteiger partial charge in [-0.15, -0.1) is 0 Å². The molecule has 0 saturated heterocycles. The summed E-state index contributed by atoms with van der Waals surface area (Å²) in [6.07, 6.45) is 5.99. The summed E-state index contributed by atoms with van der Waals surface area (Å²) >= 11 is 0. The first-order chi connectivity index (χ1) is 12.6. The summed E-state index contributed by atoms with van der Waals surface area (Å²) in [5, 5.41) is 2.78. The van der Waals surface area contributed by atoms with Gasteiger partial charge in [0.2, 0.25) is 5.91 Å². The second-order valence-corrected chi connectivity index (χ2v) is 6.18. The maximum Gasteiger partial charge on any atom is 0.255 e. The highest BCUT2D eigenvalue weighted by Crippen LogP contribution is 2.15. The minimum Gasteiger partial charge on any atom is -0.494 e. The molecule has 2 amide bonds. The molecule has 0 fully saturated rings. The molecule has 0 atom stereocenters. The van der Waals surface area contributed by atoms with Crippen LogP contribution in [-0.2, 0) is 0 Å². The number of hydrogen-bond donors (Lipinski definition) is 2. The maximum atomic E-state index is 12.3. The fourth-order valence-corrected chi connectivity index (χ4v) is 2.52. The van der Waals surface area contributed by atoms with Gasteiger partial charge < -0.3 is 15.8 Å². The Balaban J connectivity index is 1.81. The Kier molecular flexibility index (Phi) is 7.68. The zero-order valence-corrected chi connectivity index (χ0v) is 15.2. The lowest BCUT2D eigenvalue weighted by Gasteiger charge is -2.08. The van der Waals surface area contributed by atoms with Gasteiger partial charge in [0.1, 0.15) is 5.75 Å². The van der Waals surface area contributed by atoms with Gasteiger partial charge in [-0.05, 0) is 55.0 Å². The van der Waals surface area contributed by atoms with Gasteiger partial charge in [-0.1, -0.05) is 32.6 Å². The van der Waals surface area contributed by atoms with Gasteiger partial charge in [-0.25, -0.2) is 0 Å². The van der Waals surface area contributed by atoms with Gasteiger partial charge in [0.15, 0.2) is 0 Å². The smallest absolute Gasteiger partial charge is 0.255 e. The molecule has 3 N–H and O–H groups in total. The van der Waals surface area contributed by atoms with Crippen molar-refractivity contribution in [1.29, 1.82) is 0 Å². The summed E-state index contributed by atoms with van der Waals surface area (Å²) in [5.74, 6) is 0.0506. The number of rotatable bonds is 10. The van der Waals surface area contributed by atoms with E-state index in [4.69, 9.17) is 10.5 Å². The molecule has 0 spiro atoms. The number of nitrogens with one attached hydrogen (secondary N) is 1. The third-order valence-electron chi connectivity index (χ3n) is 4.06. The van der Waals surface area contributed by atoms with Crippen LogP contribution in [0.4, 0.5) is 5.69 Å². The third kappa shape index (κ3) is 6.24. The molecule has 0 aliphatic carbocycles. The van der Waals surface area contributed by atoms with Crippen LogP contribution in [-0.4, -0.2) is 18.4 Å². The molecule has 26 heavy (non-hydrogen) atoms. The lowest BCUT2D eigenvalue weighted by atomic mass is 10.1. The Morgan fingerprint density at radius 1 is 0.885 bits per heavy atom. The molecule has 0 saturated carbocycles. The molecule has 0 aliphatic heterocycles. The van der Waals surface area contributed by atoms with Crippen LogP contribution >= 0.6 is 0 Å². The summed E-state index contributed by atoms with van der Waals surface area (Å²) in [6.45, 7) is 2.89. The number of amides is 2. The SMILES string of the molecule is CCCCCCCOc1ccc(C(=O)Nc2ccc(C(N)=O)cc2)cc1. The molecule has 0 bridgehead atoms. The third-order valence-corrected chi connectivity index (χ3v) is 4.06. The molecule has 2 aromatic carbocycles. The Hall–Kier alpha value is -2.82. The van der Waals surface area contributed by atoms with Gasteiger partial charge in [-0.3, -0.25) is 9.59 Å². The van der Waals surface area contributed by atoms with E-state index in [-0.39, 0.29) is 5.91 Å². The van der Waals surface area contributed by atoms with Crippen molar-refractivity contribution in [2.75, 3.05) is 11.9 Å². The Morgan fingerprint density at radius 2 is 1.50 bits per heavy atom. The Labute approximate surface area is 154 Å². The van der Waals surface area contributed by atoms with Crippen molar-refractivity contribution >= 4 is 17.5 Å². The molecule has 0 aromatic heterocycles. The predicted octanol–water partition coefficient (Wildman–Crippen LogP) is 4.39. The number of primary amides is 1. The van der Waals surface area contributed by atoms with E-state index in [1.54, 1.807) is 48.5 Å². The minimum atomic E-state index is -0.496. The zero-order chi connectivity index (χ0) is 18.8. The summed E-state index contributed by atoms with van der Waals surface area (Å²) < 4.78 is 5.70. The van der Waals surface area contributed by atoms with Crippen LogP contribution in [0.1, 0.15) is 59.7 Å². The Bertz CT molecular complexity index is 709. The molecule has 5 heteroatoms. The molecular weight excluding hydrogens is 328 g/mol. The molecule has 0 unspecified atom stereocenters. The van der Waals surface area contributed by atoms with Gasteiger partial charge in [-0.2, -0.15) is 0 Å². The van der Waals surface area contributed by atoms with Crippen molar-refractivity contribution in [1.82, 2.24) is 0 Å². The van der Waals surface area contributed by atoms with E-state index in [9.17, 15) is 9.59 Å². The highest BCUT2D eigenvalue weighted by Gasteiger charge is 2.07. The molecule has 138 valence electrons. The summed E-state index contributed by atoms with van der Waals surface area (Å²) in [6, 6.07) is 13.5. The molecule has 0 radical (unpaired) electrons. The first-order valence-electron chi connectivity index (χ1n) is 9.04. The number of carbonyl (C=O) groups excluding carboxylic acids is 2. The van der Waals surface area contributed by atoms with Gasteiger partial charge in [0.05, 0.1) is 6.61 Å². The first kappa shape index (κ1) is 19.5. The predicted molar refractivity (Wildman–Crippen MR) is 104 cm³/mol. The van der Waals surface area contributed by atoms with E-state index in [1.165, 1.54) is 25.7 Å². The monoisotopic (exact) mass is 354 g/mol. The fourth-order valence-electron chi connectivity index (χ4n) is 2.52. The van der Waals surface area contributed by atoms with E-state index in [0.29, 0.717) is 23.4 Å². The standard InChI is InChI=1S/C21H26N2O3/c1-2-3-4-5-6-15-26-19-13-9-17(10-14-19)21(25)23-18-11-7-16(8-12-18)20(22)24/h7-14H,2-6,15H2,1H3,(H2,22,24)(H,23,25). The van der Waals surface area contributed by atoms with Crippen LogP contribution in [0.25, 0.3) is 0 Å². The molecule has 2 aromatic rings. The highest BCUT2D eigenvalue weighted by molar-refractivity contribution is 6.04. The number of anilines is 1. The van der Waals surface area contributed by atoms with Crippen LogP contribution in [0, 0.1) is 0 Å². The molecule has 0 aliphatic rings. The van der Waals surface area contributed by atoms with Crippen LogP contribution in [0.15, 0.2) is 48.5 Å². The minimum absolute atomic E-state index is 0.219. The van der Waals surface area contributed by atoms with E-state index < -0.39 is 5.91 Å². The average molecular weight is 354 g/mol. The van der Waals surface area contributed by atoms with E-state index in [2.05, 4.69) is 12.2 Å². The van der Waals surface area contributed by atoms with Crippen molar-refractivity contribution in [2.24, 2.45) is 5.73 Å². The molecule has 2 rings (SSSR count). The quantitative estimate of drug-likeness (QED) is 0.621. The fraction of sp³-hybridized carbons (Fsp3) is 0.333. The van der Waals surface area contributed by atoms with Crippen molar-refractivity contribution in [3.8, 4) is 5.75 Å². The summed E-state index contributed by atoms with van der Waals surface area (Å²) in [5.41, 5.74) is 6.74. The number of carbonyl (C=O) groups is 2. The zero-order valence-electron chi connectivity index (χ0n) is 15.2. The van der Waals surface area contributed by atoms with Crippen molar-refractivity contribution < 1.29 is 14.3 Å². The lowest BCUT2D eigenvalue weighted by molar-refractivity contribution is 0.0998. The van der Waals surface area contributed by atoms with Gasteiger partial charge in [0.25, 0.3) is 5.91 Å². The largest absolute Gasteiger partial charge is 0.494 e. The van der Waals surface area contributed by atoms with Gasteiger partial charge >= 0.3 is 0 Å². The molecule has 0 heterocycles. The van der Waals surface area contributed by atoms with Gasteiger partial charge in [0, 0.05) is 16.8 Å². The maximum absolute atomic E-state index is 12.3. The van der Waals surface area contributed by atoms with Crippen molar-refractivity contribution in [3.05, 3.63) is 59.7 Å². The number of ether oxygens (including phenoxy) is 1. The second kappa shape index (κ2) is 10.2. The lowest BCUT2D eigenvalue weighted by Crippen LogP contribution is -2.13. The normalized spacial score (nSPS) is 10.3. The highest BCUT2D eigenvalue weighted by atomic mass is 16.5. The summed E-state index contributed by atoms with van der Waals surface area (Å²) in [4.78, 5) is 23.3. The van der Waals surface area contributed by atoms with Crippen LogP contribution in [0.2, 0.25) is 0 Å². The van der Waals surface area contributed by atoms with Crippen molar-refractivity contribution in [2.45, 2.75) is 39.0 Å². The summed E-state index contributed by atoms with van der Waals surface area (Å²) in [7, 11) is 0. The van der Waals surface area contributed by atoms with E-state index >= 15 is 0 Å². The second-order valence-electron chi connectivity index (χ2n) is 6.18. The van der Waals surface area contributed by atoms with Crippen molar-refractivity contribution in [3.63, 3.8) is 0 Å². The molecular formula is C21H26N2O3. The number of unbranched alkanes of at least 4 members (excludes halogenated alkanes) is 4. The average Bonchev–Trinajstić information content (AvgIpc) is 2.65. The number of nitrogens with two attached hydrogens (primary N) is 1. The number of hydrogen-bond acceptors (Lipinski definition) is 3. The number of benzene rings is 2. The van der Waals surface area contributed by atoms with E-state index in [1.807, 2.05) is 0 Å². The van der Waals surface area contributed by atoms with Crippen LogP contribution in [0.3, 0.4) is 0 Å². The van der Waals surface area contributed by atoms with Crippen LogP contribution < -0.4 is 15.8 Å². The Morgan fingerprint density at radius 3 is 2.12 bits per heavy atom. The van der Waals surface area contributed by atoms with E-state index in [0.717, 1.165) is 12.2 Å². The molecule has 5 nitrogen and oxygen atoms in total.